The number of ether oxygens (including phenoxy) is 5. The number of carbonyl (C=O) groups excluding carboxylic acids is 6. The summed E-state index contributed by atoms with van der Waals surface area (Å²) in [7, 11) is 0. The zero-order valence-corrected chi connectivity index (χ0v) is 19.5. The number of amides is 2. The minimum absolute atomic E-state index is 0.00727. The number of rotatable bonds is 7. The Labute approximate surface area is 202 Å². The standard InChI is InChI=1S/C22H22N2O12/c1-8(25)32-7-14-17(33-9(2)26)19(34-10(3)27)20(35-11(4)28)18(36-14)15-12(21(29)30)5-6-13-16(15)24-22(31)23-13/h5-6,14,17-20H,7H2,1-4H3,(H,29,30)/p-1. The maximum absolute atomic E-state index is 12.0. The molecule has 1 fully saturated rings. The summed E-state index contributed by atoms with van der Waals surface area (Å²) in [5, 5.41) is 11.8. The Morgan fingerprint density at radius 2 is 1.44 bits per heavy atom. The molecule has 14 nitrogen and oxygen atoms in total. The molecule has 0 saturated carbocycles. The van der Waals surface area contributed by atoms with E-state index in [1.165, 1.54) is 6.07 Å². The highest BCUT2D eigenvalue weighted by Crippen LogP contribution is 2.37. The molecule has 36 heavy (non-hydrogen) atoms. The zero-order chi connectivity index (χ0) is 26.7. The van der Waals surface area contributed by atoms with Crippen LogP contribution in [0.2, 0.25) is 0 Å². The third-order valence-electron chi connectivity index (χ3n) is 5.11. The van der Waals surface area contributed by atoms with Crippen molar-refractivity contribution in [2.45, 2.75) is 58.2 Å². The first-order valence-electron chi connectivity index (χ1n) is 10.5. The average molecular weight is 505 g/mol. The van der Waals surface area contributed by atoms with Crippen molar-refractivity contribution in [2.24, 2.45) is 9.98 Å². The molecule has 5 unspecified atom stereocenters. The third kappa shape index (κ3) is 5.71. The van der Waals surface area contributed by atoms with E-state index in [2.05, 4.69) is 9.98 Å². The van der Waals surface area contributed by atoms with Gasteiger partial charge in [0, 0.05) is 38.8 Å². The van der Waals surface area contributed by atoms with Crippen molar-refractivity contribution in [2.75, 3.05) is 6.61 Å². The molecular formula is C22H21N2O12-. The van der Waals surface area contributed by atoms with Crippen LogP contribution in [-0.2, 0) is 42.9 Å². The van der Waals surface area contributed by atoms with Crippen LogP contribution in [-0.4, -0.2) is 66.9 Å². The number of carboxylic acid groups (broad SMARTS) is 1. The van der Waals surface area contributed by atoms with Crippen LogP contribution in [0.3, 0.4) is 0 Å². The number of carboxylic acids is 1. The van der Waals surface area contributed by atoms with Gasteiger partial charge < -0.3 is 33.6 Å². The van der Waals surface area contributed by atoms with Gasteiger partial charge in [0.05, 0.1) is 11.3 Å². The monoisotopic (exact) mass is 505 g/mol. The molecule has 1 aromatic rings. The smallest absolute Gasteiger partial charge is 0.368 e. The maximum Gasteiger partial charge on any atom is 0.368 e. The van der Waals surface area contributed by atoms with E-state index in [9.17, 15) is 33.9 Å². The molecule has 2 aliphatic heterocycles. The molecule has 0 aliphatic carbocycles. The molecule has 0 aromatic heterocycles. The van der Waals surface area contributed by atoms with Gasteiger partial charge in [0.1, 0.15) is 24.2 Å². The van der Waals surface area contributed by atoms with E-state index in [-0.39, 0.29) is 16.3 Å². The van der Waals surface area contributed by atoms with E-state index in [4.69, 9.17) is 23.7 Å². The van der Waals surface area contributed by atoms with Gasteiger partial charge in [-0.05, 0) is 6.07 Å². The van der Waals surface area contributed by atoms with Crippen molar-refractivity contribution in [1.29, 1.82) is 0 Å². The summed E-state index contributed by atoms with van der Waals surface area (Å²) in [5.41, 5.74) is -0.747. The molecule has 2 heterocycles. The van der Waals surface area contributed by atoms with Crippen LogP contribution in [0.1, 0.15) is 49.7 Å². The normalized spacial score (nSPS) is 24.4. The highest BCUT2D eigenvalue weighted by atomic mass is 16.7. The number of hydrogen-bond acceptors (Lipinski definition) is 12. The largest absolute Gasteiger partial charge is 0.545 e. The Bertz CT molecular complexity index is 1260. The zero-order valence-electron chi connectivity index (χ0n) is 19.5. The van der Waals surface area contributed by atoms with Gasteiger partial charge in [-0.15, -0.1) is 0 Å². The van der Waals surface area contributed by atoms with Gasteiger partial charge in [0.2, 0.25) is 0 Å². The van der Waals surface area contributed by atoms with Crippen molar-refractivity contribution < 1.29 is 57.6 Å². The lowest BCUT2D eigenvalue weighted by molar-refractivity contribution is -0.258. The molecule has 5 atom stereocenters. The number of esters is 4. The van der Waals surface area contributed by atoms with Crippen LogP contribution in [0.5, 0.6) is 0 Å². The van der Waals surface area contributed by atoms with E-state index in [0.29, 0.717) is 0 Å². The first kappa shape index (κ1) is 26.4. The molecule has 1 aromatic carbocycles. The first-order valence-corrected chi connectivity index (χ1v) is 10.5. The minimum atomic E-state index is -1.68. The Balaban J connectivity index is 2.27. The maximum atomic E-state index is 12.0. The molecule has 2 aliphatic rings. The second-order valence-corrected chi connectivity index (χ2v) is 7.81. The lowest BCUT2D eigenvalue weighted by atomic mass is 9.88. The van der Waals surface area contributed by atoms with Gasteiger partial charge in [-0.2, -0.15) is 9.98 Å². The van der Waals surface area contributed by atoms with Crippen molar-refractivity contribution >= 4 is 35.9 Å². The SMILES string of the molecule is CC(=O)OCC1OC(c2c(C(=O)[O-])ccc3c2=NC(=O)N=3)C(OC(C)=O)C(OC(C)=O)C1OC(C)=O. The summed E-state index contributed by atoms with van der Waals surface area (Å²) in [5.74, 6) is -4.99. The number of nitrogens with zero attached hydrogens (tertiary/aromatic N) is 2. The molecule has 2 amide bonds. The topological polar surface area (TPSA) is 196 Å². The van der Waals surface area contributed by atoms with Gasteiger partial charge >= 0.3 is 29.9 Å². The van der Waals surface area contributed by atoms with Crippen LogP contribution in [0.15, 0.2) is 22.1 Å². The van der Waals surface area contributed by atoms with Gasteiger partial charge in [0.25, 0.3) is 0 Å². The fourth-order valence-corrected chi connectivity index (χ4v) is 3.95. The quantitative estimate of drug-likeness (QED) is 0.299. The van der Waals surface area contributed by atoms with Crippen LogP contribution >= 0.6 is 0 Å². The number of fused-ring (bicyclic) bond motifs is 1. The van der Waals surface area contributed by atoms with Gasteiger partial charge in [-0.25, -0.2) is 4.79 Å². The molecule has 0 bridgehead atoms. The van der Waals surface area contributed by atoms with E-state index in [0.717, 1.165) is 33.8 Å². The summed E-state index contributed by atoms with van der Waals surface area (Å²) >= 11 is 0. The van der Waals surface area contributed by atoms with E-state index < -0.39 is 78.6 Å². The summed E-state index contributed by atoms with van der Waals surface area (Å²) in [6.45, 7) is 3.72. The summed E-state index contributed by atoms with van der Waals surface area (Å²) < 4.78 is 27.0. The van der Waals surface area contributed by atoms with Crippen molar-refractivity contribution in [3.63, 3.8) is 0 Å². The molecule has 1 saturated heterocycles. The van der Waals surface area contributed by atoms with Crippen molar-refractivity contribution in [3.05, 3.63) is 34.0 Å². The lowest BCUT2D eigenvalue weighted by Gasteiger charge is -2.45. The number of benzene rings is 1. The first-order chi connectivity index (χ1) is 16.9. The van der Waals surface area contributed by atoms with Crippen molar-refractivity contribution in [1.82, 2.24) is 0 Å². The van der Waals surface area contributed by atoms with Crippen LogP contribution in [0, 0.1) is 0 Å². The highest BCUT2D eigenvalue weighted by Gasteiger charge is 2.53. The van der Waals surface area contributed by atoms with Crippen LogP contribution < -0.4 is 15.8 Å². The molecule has 0 spiro atoms. The summed E-state index contributed by atoms with van der Waals surface area (Å²) in [6, 6.07) is 1.39. The second kappa shape index (κ2) is 10.6. The van der Waals surface area contributed by atoms with Crippen LogP contribution in [0.4, 0.5) is 4.79 Å². The Morgan fingerprint density at radius 3 is 2.00 bits per heavy atom. The summed E-state index contributed by atoms with van der Waals surface area (Å²) in [4.78, 5) is 78.7. The fraction of sp³-hybridized carbons (Fsp3) is 0.455. The Hall–Kier alpha value is -4.20. The van der Waals surface area contributed by atoms with Gasteiger partial charge in [-0.3, -0.25) is 19.2 Å². The second-order valence-electron chi connectivity index (χ2n) is 7.81. The molecular weight excluding hydrogens is 484 g/mol. The molecule has 14 heteroatoms. The van der Waals surface area contributed by atoms with E-state index in [1.807, 2.05) is 0 Å². The van der Waals surface area contributed by atoms with E-state index >= 15 is 0 Å². The Morgan fingerprint density at radius 1 is 0.861 bits per heavy atom. The average Bonchev–Trinajstić information content (AvgIpc) is 3.13. The predicted molar refractivity (Wildman–Crippen MR) is 109 cm³/mol. The number of carbonyl (C=O) groups is 6. The predicted octanol–water partition coefficient (Wildman–Crippen LogP) is -1.78. The molecule has 3 rings (SSSR count). The summed E-state index contributed by atoms with van der Waals surface area (Å²) in [6.07, 6.45) is -7.50. The van der Waals surface area contributed by atoms with Crippen LogP contribution in [0.25, 0.3) is 0 Å². The van der Waals surface area contributed by atoms with Gasteiger partial charge in [0.15, 0.2) is 18.3 Å². The molecule has 0 radical (unpaired) electrons. The highest BCUT2D eigenvalue weighted by molar-refractivity contribution is 5.88. The fourth-order valence-electron chi connectivity index (χ4n) is 3.95. The number of urea groups is 1. The molecule has 0 N–H and O–H groups in total. The third-order valence-corrected chi connectivity index (χ3v) is 5.11. The molecule has 192 valence electrons. The van der Waals surface area contributed by atoms with Gasteiger partial charge in [-0.1, -0.05) is 6.07 Å². The minimum Gasteiger partial charge on any atom is -0.545 e. The number of aromatic carboxylic acids is 1. The van der Waals surface area contributed by atoms with E-state index in [1.54, 1.807) is 0 Å². The lowest BCUT2D eigenvalue weighted by Crippen LogP contribution is -2.60. The number of hydrogen-bond donors (Lipinski definition) is 0. The Kier molecular flexibility index (Phi) is 7.77. The van der Waals surface area contributed by atoms with Crippen molar-refractivity contribution in [3.8, 4) is 0 Å².